The molecule has 1 atom stereocenters. The Labute approximate surface area is 119 Å². The number of hydrogen-bond donors (Lipinski definition) is 2. The smallest absolute Gasteiger partial charge is 0.315 e. The van der Waals surface area contributed by atoms with E-state index in [1.165, 1.54) is 0 Å². The second-order valence-corrected chi connectivity index (χ2v) is 5.51. The van der Waals surface area contributed by atoms with Crippen LogP contribution in [-0.2, 0) is 4.79 Å². The van der Waals surface area contributed by atoms with Crippen LogP contribution in [0.2, 0.25) is 0 Å². The van der Waals surface area contributed by atoms with Gasteiger partial charge in [0.25, 0.3) is 0 Å². The molecule has 0 radical (unpaired) electrons. The first kappa shape index (κ1) is 14.4. The lowest BCUT2D eigenvalue weighted by molar-refractivity contribution is -0.117. The molecule has 0 aromatic heterocycles. The summed E-state index contributed by atoms with van der Waals surface area (Å²) in [6.07, 6.45) is 0.347. The van der Waals surface area contributed by atoms with E-state index < -0.39 is 0 Å². The largest absolute Gasteiger partial charge is 0.336 e. The summed E-state index contributed by atoms with van der Waals surface area (Å²) in [6, 6.07) is 7.56. The molecular weight excluding hydrogens is 254 g/mol. The molecule has 2 rings (SSSR count). The van der Waals surface area contributed by atoms with Crippen molar-refractivity contribution in [3.05, 3.63) is 29.8 Å². The lowest BCUT2D eigenvalue weighted by atomic mass is 10.2. The van der Waals surface area contributed by atoms with E-state index in [-0.39, 0.29) is 24.0 Å². The minimum Gasteiger partial charge on any atom is -0.336 e. The lowest BCUT2D eigenvalue weighted by Crippen LogP contribution is -2.45. The summed E-state index contributed by atoms with van der Waals surface area (Å²) >= 11 is 0. The van der Waals surface area contributed by atoms with Gasteiger partial charge in [-0.3, -0.25) is 4.79 Å². The minimum atomic E-state index is -0.219. The van der Waals surface area contributed by atoms with Crippen molar-refractivity contribution in [2.24, 2.45) is 0 Å². The molecular formula is C15H21N3O2. The summed E-state index contributed by atoms with van der Waals surface area (Å²) in [6.45, 7) is 6.33. The number of carbonyl (C=O) groups excluding carboxylic acids is 2. The highest BCUT2D eigenvalue weighted by molar-refractivity contribution is 5.96. The molecule has 0 aliphatic carbocycles. The van der Waals surface area contributed by atoms with E-state index in [1.807, 2.05) is 45.0 Å². The molecule has 0 spiro atoms. The van der Waals surface area contributed by atoms with E-state index in [1.54, 1.807) is 4.90 Å². The number of carbonyl (C=O) groups is 2. The van der Waals surface area contributed by atoms with Crippen LogP contribution >= 0.6 is 0 Å². The van der Waals surface area contributed by atoms with Crippen molar-refractivity contribution in [3.63, 3.8) is 0 Å². The summed E-state index contributed by atoms with van der Waals surface area (Å²) in [5, 5.41) is 5.61. The fourth-order valence-electron chi connectivity index (χ4n) is 2.27. The Hall–Kier alpha value is -2.04. The van der Waals surface area contributed by atoms with Crippen LogP contribution in [-0.4, -0.2) is 30.6 Å². The maximum atomic E-state index is 12.0. The van der Waals surface area contributed by atoms with Crippen LogP contribution < -0.4 is 15.5 Å². The van der Waals surface area contributed by atoms with Gasteiger partial charge in [-0.15, -0.1) is 0 Å². The van der Waals surface area contributed by atoms with Crippen molar-refractivity contribution in [2.75, 3.05) is 11.4 Å². The SMILES string of the molecule is Cc1ccc(N2C[C@H](NC(=O)NC(C)C)CC2=O)cc1. The minimum absolute atomic E-state index is 0.0451. The molecule has 5 heteroatoms. The van der Waals surface area contributed by atoms with Crippen molar-refractivity contribution < 1.29 is 9.59 Å². The summed E-state index contributed by atoms with van der Waals surface area (Å²) < 4.78 is 0. The van der Waals surface area contributed by atoms with Crippen molar-refractivity contribution in [2.45, 2.75) is 39.3 Å². The van der Waals surface area contributed by atoms with Crippen molar-refractivity contribution in [1.82, 2.24) is 10.6 Å². The number of aryl methyl sites for hydroxylation is 1. The van der Waals surface area contributed by atoms with Crippen LogP contribution in [0, 0.1) is 6.92 Å². The van der Waals surface area contributed by atoms with Gasteiger partial charge in [0.2, 0.25) is 5.91 Å². The fraction of sp³-hybridized carbons (Fsp3) is 0.467. The highest BCUT2D eigenvalue weighted by Gasteiger charge is 2.31. The van der Waals surface area contributed by atoms with Crippen LogP contribution in [0.4, 0.5) is 10.5 Å². The Balaban J connectivity index is 1.97. The molecule has 20 heavy (non-hydrogen) atoms. The monoisotopic (exact) mass is 275 g/mol. The highest BCUT2D eigenvalue weighted by Crippen LogP contribution is 2.21. The first-order valence-electron chi connectivity index (χ1n) is 6.90. The first-order chi connectivity index (χ1) is 9.45. The van der Waals surface area contributed by atoms with Crippen LogP contribution in [0.25, 0.3) is 0 Å². The molecule has 1 heterocycles. The van der Waals surface area contributed by atoms with Crippen LogP contribution in [0.5, 0.6) is 0 Å². The number of nitrogens with zero attached hydrogens (tertiary/aromatic N) is 1. The number of rotatable bonds is 3. The van der Waals surface area contributed by atoms with E-state index in [2.05, 4.69) is 10.6 Å². The molecule has 0 unspecified atom stereocenters. The molecule has 0 bridgehead atoms. The number of anilines is 1. The zero-order chi connectivity index (χ0) is 14.7. The molecule has 1 aromatic rings. The standard InChI is InChI=1S/C15H21N3O2/c1-10(2)16-15(20)17-12-8-14(19)18(9-12)13-6-4-11(3)5-7-13/h4-7,10,12H,8-9H2,1-3H3,(H2,16,17,20)/t12-/m1/s1. The average molecular weight is 275 g/mol. The quantitative estimate of drug-likeness (QED) is 0.883. The van der Waals surface area contributed by atoms with Gasteiger partial charge in [0.05, 0.1) is 6.04 Å². The predicted molar refractivity (Wildman–Crippen MR) is 78.7 cm³/mol. The molecule has 1 fully saturated rings. The molecule has 1 aliphatic heterocycles. The van der Waals surface area contributed by atoms with Gasteiger partial charge in [0.15, 0.2) is 0 Å². The average Bonchev–Trinajstić information content (AvgIpc) is 2.70. The maximum Gasteiger partial charge on any atom is 0.315 e. The van der Waals surface area contributed by atoms with Gasteiger partial charge in [-0.25, -0.2) is 4.79 Å². The molecule has 5 nitrogen and oxygen atoms in total. The molecule has 1 saturated heterocycles. The van der Waals surface area contributed by atoms with E-state index in [9.17, 15) is 9.59 Å². The van der Waals surface area contributed by atoms with Crippen LogP contribution in [0.15, 0.2) is 24.3 Å². The van der Waals surface area contributed by atoms with Crippen LogP contribution in [0.1, 0.15) is 25.8 Å². The van der Waals surface area contributed by atoms with Crippen molar-refractivity contribution in [1.29, 1.82) is 0 Å². The summed E-state index contributed by atoms with van der Waals surface area (Å²) in [4.78, 5) is 25.4. The third kappa shape index (κ3) is 3.50. The molecule has 0 saturated carbocycles. The summed E-state index contributed by atoms with van der Waals surface area (Å²) in [5.74, 6) is 0.0451. The van der Waals surface area contributed by atoms with E-state index in [0.29, 0.717) is 13.0 Å². The van der Waals surface area contributed by atoms with Gasteiger partial charge in [0, 0.05) is 24.7 Å². The second kappa shape index (κ2) is 5.94. The van der Waals surface area contributed by atoms with Gasteiger partial charge in [-0.2, -0.15) is 0 Å². The highest BCUT2D eigenvalue weighted by atomic mass is 16.2. The lowest BCUT2D eigenvalue weighted by Gasteiger charge is -2.18. The van der Waals surface area contributed by atoms with Gasteiger partial charge in [0.1, 0.15) is 0 Å². The zero-order valence-corrected chi connectivity index (χ0v) is 12.1. The zero-order valence-electron chi connectivity index (χ0n) is 12.1. The Morgan fingerprint density at radius 1 is 1.30 bits per heavy atom. The predicted octanol–water partition coefficient (Wildman–Crippen LogP) is 1.81. The molecule has 3 amide bonds. The fourth-order valence-corrected chi connectivity index (χ4v) is 2.27. The second-order valence-electron chi connectivity index (χ2n) is 5.51. The number of amides is 3. The molecule has 1 aromatic carbocycles. The first-order valence-corrected chi connectivity index (χ1v) is 6.90. The summed E-state index contributed by atoms with van der Waals surface area (Å²) in [7, 11) is 0. The van der Waals surface area contributed by atoms with Crippen molar-refractivity contribution >= 4 is 17.6 Å². The Morgan fingerprint density at radius 2 is 1.95 bits per heavy atom. The van der Waals surface area contributed by atoms with Crippen LogP contribution in [0.3, 0.4) is 0 Å². The Bertz CT molecular complexity index is 496. The molecule has 2 N–H and O–H groups in total. The van der Waals surface area contributed by atoms with E-state index in [0.717, 1.165) is 11.3 Å². The number of urea groups is 1. The molecule has 108 valence electrons. The summed E-state index contributed by atoms with van der Waals surface area (Å²) in [5.41, 5.74) is 2.04. The topological polar surface area (TPSA) is 61.4 Å². The van der Waals surface area contributed by atoms with Crippen molar-refractivity contribution in [3.8, 4) is 0 Å². The Kier molecular flexibility index (Phi) is 4.27. The van der Waals surface area contributed by atoms with Gasteiger partial charge in [-0.05, 0) is 32.9 Å². The van der Waals surface area contributed by atoms with Gasteiger partial charge >= 0.3 is 6.03 Å². The third-order valence-corrected chi connectivity index (χ3v) is 3.23. The number of hydrogen-bond acceptors (Lipinski definition) is 2. The number of benzene rings is 1. The van der Waals surface area contributed by atoms with E-state index >= 15 is 0 Å². The van der Waals surface area contributed by atoms with Gasteiger partial charge in [-0.1, -0.05) is 17.7 Å². The molecule has 1 aliphatic rings. The third-order valence-electron chi connectivity index (χ3n) is 3.23. The Morgan fingerprint density at radius 3 is 2.55 bits per heavy atom. The van der Waals surface area contributed by atoms with Gasteiger partial charge < -0.3 is 15.5 Å². The van der Waals surface area contributed by atoms with E-state index in [4.69, 9.17) is 0 Å². The number of nitrogens with one attached hydrogen (secondary N) is 2. The normalized spacial score (nSPS) is 18.5. The maximum absolute atomic E-state index is 12.0.